The van der Waals surface area contributed by atoms with Crippen LogP contribution >= 0.6 is 0 Å². The highest BCUT2D eigenvalue weighted by atomic mass is 19.1. The van der Waals surface area contributed by atoms with Crippen molar-refractivity contribution in [2.75, 3.05) is 19.6 Å². The third kappa shape index (κ3) is 4.12. The summed E-state index contributed by atoms with van der Waals surface area (Å²) in [6, 6.07) is 7.12. The first-order valence-electron chi connectivity index (χ1n) is 10.4. The monoisotopic (exact) mass is 384 g/mol. The normalized spacial score (nSPS) is 19.5. The van der Waals surface area contributed by atoms with Gasteiger partial charge in [0.1, 0.15) is 5.82 Å². The Labute approximate surface area is 165 Å². The Morgan fingerprint density at radius 3 is 2.89 bits per heavy atom. The predicted molar refractivity (Wildman–Crippen MR) is 107 cm³/mol. The average Bonchev–Trinajstić information content (AvgIpc) is 3.04. The van der Waals surface area contributed by atoms with E-state index < -0.39 is 0 Å². The zero-order valence-electron chi connectivity index (χ0n) is 16.6. The largest absolute Gasteiger partial charge is 0.337 e. The lowest BCUT2D eigenvalue weighted by atomic mass is 9.91. The summed E-state index contributed by atoms with van der Waals surface area (Å²) in [5, 5.41) is 8.20. The second-order valence-electron chi connectivity index (χ2n) is 8.02. The van der Waals surface area contributed by atoms with Crippen LogP contribution in [0.25, 0.3) is 0 Å². The number of carbonyl (C=O) groups is 1. The van der Waals surface area contributed by atoms with Crippen LogP contribution in [0.5, 0.6) is 0 Å². The number of nitrogens with zero attached hydrogens (tertiary/aromatic N) is 3. The van der Waals surface area contributed by atoms with Crippen molar-refractivity contribution in [3.8, 4) is 0 Å². The second-order valence-corrected chi connectivity index (χ2v) is 8.02. The number of fused-ring (bicyclic) bond motifs is 1. The molecule has 1 fully saturated rings. The van der Waals surface area contributed by atoms with Crippen molar-refractivity contribution in [1.29, 1.82) is 0 Å². The maximum atomic E-state index is 13.3. The quantitative estimate of drug-likeness (QED) is 0.862. The van der Waals surface area contributed by atoms with Crippen LogP contribution < -0.4 is 5.32 Å². The Morgan fingerprint density at radius 1 is 1.29 bits per heavy atom. The van der Waals surface area contributed by atoms with Gasteiger partial charge in [-0.25, -0.2) is 4.39 Å². The highest BCUT2D eigenvalue weighted by molar-refractivity contribution is 5.94. The van der Waals surface area contributed by atoms with Gasteiger partial charge in [0.25, 0.3) is 5.91 Å². The fourth-order valence-corrected chi connectivity index (χ4v) is 4.50. The van der Waals surface area contributed by atoms with E-state index in [0.717, 1.165) is 69.3 Å². The number of benzene rings is 1. The molecule has 1 amide bonds. The number of hydrogen-bond donors (Lipinski definition) is 1. The number of piperidine rings is 1. The molecular weight excluding hydrogens is 355 g/mol. The Balaban J connectivity index is 1.40. The molecule has 1 aliphatic carbocycles. The first kappa shape index (κ1) is 19.1. The summed E-state index contributed by atoms with van der Waals surface area (Å²) >= 11 is 0. The van der Waals surface area contributed by atoms with Gasteiger partial charge in [0.15, 0.2) is 5.69 Å². The molecule has 6 heteroatoms. The molecule has 150 valence electrons. The van der Waals surface area contributed by atoms with Gasteiger partial charge in [0, 0.05) is 37.4 Å². The van der Waals surface area contributed by atoms with Gasteiger partial charge >= 0.3 is 0 Å². The Hall–Kier alpha value is -2.21. The lowest BCUT2D eigenvalue weighted by molar-refractivity contribution is 0.0716. The molecule has 1 atom stereocenters. The number of aryl methyl sites for hydroxylation is 1. The maximum absolute atomic E-state index is 13.3. The summed E-state index contributed by atoms with van der Waals surface area (Å²) in [6.45, 7) is 2.50. The van der Waals surface area contributed by atoms with Crippen LogP contribution in [-0.2, 0) is 26.3 Å². The Morgan fingerprint density at radius 2 is 2.11 bits per heavy atom. The van der Waals surface area contributed by atoms with Crippen LogP contribution in [-0.4, -0.2) is 46.3 Å². The van der Waals surface area contributed by atoms with Crippen molar-refractivity contribution in [1.82, 2.24) is 20.0 Å². The van der Waals surface area contributed by atoms with Crippen LogP contribution in [0, 0.1) is 5.82 Å². The van der Waals surface area contributed by atoms with Gasteiger partial charge in [0.05, 0.1) is 0 Å². The van der Waals surface area contributed by atoms with E-state index in [1.807, 2.05) is 22.7 Å². The molecule has 1 aromatic heterocycles. The van der Waals surface area contributed by atoms with E-state index in [-0.39, 0.29) is 11.7 Å². The van der Waals surface area contributed by atoms with Gasteiger partial charge in [-0.1, -0.05) is 12.1 Å². The van der Waals surface area contributed by atoms with Crippen LogP contribution in [0.1, 0.15) is 53.0 Å². The zero-order valence-corrected chi connectivity index (χ0v) is 16.6. The van der Waals surface area contributed by atoms with E-state index in [9.17, 15) is 9.18 Å². The van der Waals surface area contributed by atoms with Crippen LogP contribution in [0.3, 0.4) is 0 Å². The van der Waals surface area contributed by atoms with Crippen molar-refractivity contribution >= 4 is 5.91 Å². The summed E-state index contributed by atoms with van der Waals surface area (Å²) < 4.78 is 15.2. The third-order valence-corrected chi connectivity index (χ3v) is 6.04. The molecule has 5 nitrogen and oxygen atoms in total. The second kappa shape index (κ2) is 8.43. The highest BCUT2D eigenvalue weighted by Gasteiger charge is 2.30. The highest BCUT2D eigenvalue weighted by Crippen LogP contribution is 2.26. The van der Waals surface area contributed by atoms with E-state index in [0.29, 0.717) is 11.7 Å². The number of halogens is 1. The van der Waals surface area contributed by atoms with Crippen LogP contribution in [0.15, 0.2) is 24.3 Å². The van der Waals surface area contributed by atoms with Crippen LogP contribution in [0.4, 0.5) is 4.39 Å². The summed E-state index contributed by atoms with van der Waals surface area (Å²) in [5.41, 5.74) is 3.97. The molecule has 2 heterocycles. The Bertz CT molecular complexity index is 841. The minimum absolute atomic E-state index is 0.0944. The molecule has 2 aromatic rings. The molecule has 2 aliphatic rings. The molecule has 1 aromatic carbocycles. The lowest BCUT2D eigenvalue weighted by Crippen LogP contribution is -2.38. The van der Waals surface area contributed by atoms with Gasteiger partial charge in [-0.3, -0.25) is 9.48 Å². The number of rotatable bonds is 5. The van der Waals surface area contributed by atoms with Crippen molar-refractivity contribution in [3.05, 3.63) is 52.6 Å². The number of carbonyl (C=O) groups excluding carboxylic acids is 1. The summed E-state index contributed by atoms with van der Waals surface area (Å²) in [4.78, 5) is 15.0. The summed E-state index contributed by atoms with van der Waals surface area (Å²) in [7, 11) is 1.95. The zero-order chi connectivity index (χ0) is 19.5. The van der Waals surface area contributed by atoms with Crippen LogP contribution in [0.2, 0.25) is 0 Å². The molecule has 0 spiro atoms. The van der Waals surface area contributed by atoms with E-state index in [4.69, 9.17) is 0 Å². The average molecular weight is 384 g/mol. The number of nitrogens with one attached hydrogen (secondary N) is 1. The molecular formula is C22H29FN4O. The number of aromatic nitrogens is 2. The number of likely N-dealkylation sites (tertiary alicyclic amines) is 1. The molecule has 4 rings (SSSR count). The molecule has 0 bridgehead atoms. The van der Waals surface area contributed by atoms with E-state index in [1.165, 1.54) is 18.2 Å². The number of amides is 1. The van der Waals surface area contributed by atoms with Crippen molar-refractivity contribution in [2.45, 2.75) is 51.0 Å². The van der Waals surface area contributed by atoms with E-state index in [1.54, 1.807) is 12.1 Å². The number of hydrogen-bond acceptors (Lipinski definition) is 3. The standard InChI is InChI=1S/C22H29FN4O/c1-26-20-9-8-18(24-11-10-16-6-5-7-17(23)14-16)15-19(20)21(25-26)22(28)27-12-3-2-4-13-27/h5-7,14,18,24H,2-4,8-13,15H2,1H3. The van der Waals surface area contributed by atoms with Gasteiger partial charge < -0.3 is 10.2 Å². The van der Waals surface area contributed by atoms with Gasteiger partial charge in [-0.05, 0) is 69.2 Å². The van der Waals surface area contributed by atoms with Crippen molar-refractivity contribution < 1.29 is 9.18 Å². The van der Waals surface area contributed by atoms with Crippen molar-refractivity contribution in [3.63, 3.8) is 0 Å². The van der Waals surface area contributed by atoms with Gasteiger partial charge in [0.2, 0.25) is 0 Å². The molecule has 28 heavy (non-hydrogen) atoms. The molecule has 0 radical (unpaired) electrons. The lowest BCUT2D eigenvalue weighted by Gasteiger charge is -2.27. The topological polar surface area (TPSA) is 50.2 Å². The third-order valence-electron chi connectivity index (χ3n) is 6.04. The molecule has 1 unspecified atom stereocenters. The molecule has 1 aliphatic heterocycles. The van der Waals surface area contributed by atoms with Crippen molar-refractivity contribution in [2.24, 2.45) is 7.05 Å². The minimum Gasteiger partial charge on any atom is -0.337 e. The maximum Gasteiger partial charge on any atom is 0.274 e. The minimum atomic E-state index is -0.184. The summed E-state index contributed by atoms with van der Waals surface area (Å²) in [6.07, 6.45) is 6.99. The first-order chi connectivity index (χ1) is 13.6. The van der Waals surface area contributed by atoms with E-state index >= 15 is 0 Å². The Kier molecular flexibility index (Phi) is 5.76. The fraction of sp³-hybridized carbons (Fsp3) is 0.545. The summed E-state index contributed by atoms with van der Waals surface area (Å²) in [5.74, 6) is -0.0898. The first-order valence-corrected chi connectivity index (χ1v) is 10.4. The SMILES string of the molecule is Cn1nc(C(=O)N2CCCCC2)c2c1CCC(NCCc1cccc(F)c1)C2. The molecule has 1 N–H and O–H groups in total. The molecule has 0 saturated carbocycles. The predicted octanol–water partition coefficient (Wildman–Crippen LogP) is 2.87. The molecule has 1 saturated heterocycles. The smallest absolute Gasteiger partial charge is 0.274 e. The fourth-order valence-electron chi connectivity index (χ4n) is 4.50. The van der Waals surface area contributed by atoms with Gasteiger partial charge in [-0.2, -0.15) is 5.10 Å². The van der Waals surface area contributed by atoms with Gasteiger partial charge in [-0.15, -0.1) is 0 Å². The van der Waals surface area contributed by atoms with E-state index in [2.05, 4.69) is 10.4 Å².